The first-order valence-electron chi connectivity index (χ1n) is 6.60. The Hall–Kier alpha value is -1.26. The second kappa shape index (κ2) is 6.26. The summed E-state index contributed by atoms with van der Waals surface area (Å²) in [4.78, 5) is 14.3. The number of hydrogen-bond donors (Lipinski definition) is 2. The van der Waals surface area contributed by atoms with Crippen molar-refractivity contribution >= 4 is 23.2 Å². The zero-order valence-corrected chi connectivity index (χ0v) is 11.6. The van der Waals surface area contributed by atoms with Crippen LogP contribution in [0.25, 0.3) is 0 Å². The molecule has 1 fully saturated rings. The predicted octanol–water partition coefficient (Wildman–Crippen LogP) is 2.30. The van der Waals surface area contributed by atoms with Crippen LogP contribution in [0, 0.1) is 0 Å². The number of hydrogen-bond acceptors (Lipinski definition) is 3. The first-order valence-corrected chi connectivity index (χ1v) is 6.98. The number of halogens is 1. The molecular formula is C14H19ClN2O2. The second-order valence-electron chi connectivity index (χ2n) is 4.90. The number of amides is 1. The Morgan fingerprint density at radius 1 is 1.47 bits per heavy atom. The van der Waals surface area contributed by atoms with Gasteiger partial charge in [-0.3, -0.25) is 4.79 Å². The molecule has 2 rings (SSSR count). The van der Waals surface area contributed by atoms with E-state index in [1.54, 1.807) is 18.2 Å². The van der Waals surface area contributed by atoms with E-state index in [4.69, 9.17) is 22.4 Å². The van der Waals surface area contributed by atoms with E-state index in [0.29, 0.717) is 35.3 Å². The maximum atomic E-state index is 12.5. The molecule has 0 bridgehead atoms. The number of carbonyl (C=O) groups excluding carboxylic acids is 1. The average molecular weight is 283 g/mol. The van der Waals surface area contributed by atoms with Crippen molar-refractivity contribution in [1.29, 1.82) is 0 Å². The molecule has 4 nitrogen and oxygen atoms in total. The summed E-state index contributed by atoms with van der Waals surface area (Å²) in [6.07, 6.45) is 3.85. The molecule has 3 N–H and O–H groups in total. The normalized spacial score (nSPS) is 15.1. The lowest BCUT2D eigenvalue weighted by molar-refractivity contribution is 0.0562. The summed E-state index contributed by atoms with van der Waals surface area (Å²) in [7, 11) is 0. The number of nitrogen functional groups attached to an aromatic ring is 1. The minimum absolute atomic E-state index is 0.0277. The maximum absolute atomic E-state index is 12.5. The highest BCUT2D eigenvalue weighted by atomic mass is 35.5. The molecule has 5 heteroatoms. The summed E-state index contributed by atoms with van der Waals surface area (Å²) in [5.74, 6) is -0.0277. The van der Waals surface area contributed by atoms with Gasteiger partial charge in [-0.25, -0.2) is 0 Å². The van der Waals surface area contributed by atoms with Crippen LogP contribution >= 0.6 is 11.6 Å². The highest BCUT2D eigenvalue weighted by molar-refractivity contribution is 6.33. The molecule has 1 aliphatic carbocycles. The molecule has 0 heterocycles. The summed E-state index contributed by atoms with van der Waals surface area (Å²) in [6.45, 7) is 0.682. The molecular weight excluding hydrogens is 264 g/mol. The Bertz CT molecular complexity index is 461. The van der Waals surface area contributed by atoms with Crippen LogP contribution in [0.4, 0.5) is 5.69 Å². The van der Waals surface area contributed by atoms with Gasteiger partial charge in [0.2, 0.25) is 0 Å². The minimum Gasteiger partial charge on any atom is -0.398 e. The lowest BCUT2D eigenvalue weighted by atomic mass is 9.90. The van der Waals surface area contributed by atoms with Gasteiger partial charge in [-0.1, -0.05) is 11.6 Å². The van der Waals surface area contributed by atoms with Gasteiger partial charge in [0.15, 0.2) is 0 Å². The highest BCUT2D eigenvalue weighted by Gasteiger charge is 2.29. The minimum atomic E-state index is -0.0277. The van der Waals surface area contributed by atoms with Gasteiger partial charge in [0.25, 0.3) is 5.91 Å². The Labute approximate surface area is 118 Å². The van der Waals surface area contributed by atoms with Crippen LogP contribution in [0.2, 0.25) is 5.02 Å². The molecule has 0 unspecified atom stereocenters. The fourth-order valence-corrected chi connectivity index (χ4v) is 2.40. The Balaban J connectivity index is 2.15. The summed E-state index contributed by atoms with van der Waals surface area (Å²) < 4.78 is 0. The van der Waals surface area contributed by atoms with Crippen LogP contribution in [0.15, 0.2) is 18.2 Å². The number of benzene rings is 1. The molecule has 0 saturated heterocycles. The van der Waals surface area contributed by atoms with E-state index < -0.39 is 0 Å². The fraction of sp³-hybridized carbons (Fsp3) is 0.500. The average Bonchev–Trinajstić information content (AvgIpc) is 2.34. The van der Waals surface area contributed by atoms with Crippen LogP contribution in [0.1, 0.15) is 36.0 Å². The van der Waals surface area contributed by atoms with E-state index in [9.17, 15) is 4.79 Å². The number of carbonyl (C=O) groups is 1. The standard InChI is InChI=1S/C14H19ClN2O2/c15-12-9-10(5-6-13(12)16)14(19)17(7-2-8-18)11-3-1-4-11/h5-6,9,11,18H,1-4,7-8,16H2. The quantitative estimate of drug-likeness (QED) is 0.815. The molecule has 0 radical (unpaired) electrons. The number of nitrogens with two attached hydrogens (primary N) is 1. The van der Waals surface area contributed by atoms with Gasteiger partial charge in [0.1, 0.15) is 0 Å². The lowest BCUT2D eigenvalue weighted by Crippen LogP contribution is -2.45. The summed E-state index contributed by atoms with van der Waals surface area (Å²) in [5.41, 5.74) is 6.69. The van der Waals surface area contributed by atoms with Crippen LogP contribution in [-0.2, 0) is 0 Å². The Kier molecular flexibility index (Phi) is 4.66. The molecule has 0 aromatic heterocycles. The number of rotatable bonds is 5. The van der Waals surface area contributed by atoms with Crippen LogP contribution < -0.4 is 5.73 Å². The highest BCUT2D eigenvalue weighted by Crippen LogP contribution is 2.27. The molecule has 0 spiro atoms. The zero-order chi connectivity index (χ0) is 13.8. The smallest absolute Gasteiger partial charge is 0.254 e. The fourth-order valence-electron chi connectivity index (χ4n) is 2.22. The van der Waals surface area contributed by atoms with Crippen molar-refractivity contribution in [2.24, 2.45) is 0 Å². The van der Waals surface area contributed by atoms with Crippen molar-refractivity contribution in [3.63, 3.8) is 0 Å². The third-order valence-electron chi connectivity index (χ3n) is 3.58. The van der Waals surface area contributed by atoms with Gasteiger partial charge in [-0.05, 0) is 43.9 Å². The topological polar surface area (TPSA) is 66.6 Å². The second-order valence-corrected chi connectivity index (χ2v) is 5.30. The van der Waals surface area contributed by atoms with Crippen molar-refractivity contribution in [3.05, 3.63) is 28.8 Å². The first-order chi connectivity index (χ1) is 9.13. The van der Waals surface area contributed by atoms with Gasteiger partial charge in [0.05, 0.1) is 10.7 Å². The van der Waals surface area contributed by atoms with E-state index >= 15 is 0 Å². The number of nitrogens with zero attached hydrogens (tertiary/aromatic N) is 1. The van der Waals surface area contributed by atoms with Crippen molar-refractivity contribution in [2.45, 2.75) is 31.7 Å². The molecule has 19 heavy (non-hydrogen) atoms. The predicted molar refractivity (Wildman–Crippen MR) is 76.2 cm³/mol. The molecule has 1 amide bonds. The SMILES string of the molecule is Nc1ccc(C(=O)N(CCCO)C2CCC2)cc1Cl. The van der Waals surface area contributed by atoms with Crippen molar-refractivity contribution < 1.29 is 9.90 Å². The molecule has 0 aliphatic heterocycles. The number of aliphatic hydroxyl groups is 1. The van der Waals surface area contributed by atoms with Crippen LogP contribution in [0.5, 0.6) is 0 Å². The van der Waals surface area contributed by atoms with Gasteiger partial charge >= 0.3 is 0 Å². The van der Waals surface area contributed by atoms with Gasteiger partial charge in [-0.2, -0.15) is 0 Å². The van der Waals surface area contributed by atoms with Crippen molar-refractivity contribution in [3.8, 4) is 0 Å². The zero-order valence-electron chi connectivity index (χ0n) is 10.8. The molecule has 1 aromatic carbocycles. The van der Waals surface area contributed by atoms with E-state index in [2.05, 4.69) is 0 Å². The van der Waals surface area contributed by atoms with E-state index in [0.717, 1.165) is 19.3 Å². The monoisotopic (exact) mass is 282 g/mol. The third-order valence-corrected chi connectivity index (χ3v) is 3.91. The van der Waals surface area contributed by atoms with Crippen LogP contribution in [-0.4, -0.2) is 35.1 Å². The largest absolute Gasteiger partial charge is 0.398 e. The van der Waals surface area contributed by atoms with E-state index in [1.807, 2.05) is 4.90 Å². The van der Waals surface area contributed by atoms with Crippen molar-refractivity contribution in [1.82, 2.24) is 4.90 Å². The molecule has 1 aromatic rings. The van der Waals surface area contributed by atoms with Gasteiger partial charge in [0, 0.05) is 24.8 Å². The Morgan fingerprint density at radius 3 is 2.74 bits per heavy atom. The summed E-state index contributed by atoms with van der Waals surface area (Å²) in [5, 5.41) is 9.35. The number of aliphatic hydroxyl groups excluding tert-OH is 1. The summed E-state index contributed by atoms with van der Waals surface area (Å²) >= 11 is 5.96. The van der Waals surface area contributed by atoms with Gasteiger partial charge in [-0.15, -0.1) is 0 Å². The van der Waals surface area contributed by atoms with Crippen LogP contribution in [0.3, 0.4) is 0 Å². The third kappa shape index (κ3) is 3.19. The number of anilines is 1. The first kappa shape index (κ1) is 14.2. The molecule has 1 aliphatic rings. The molecule has 104 valence electrons. The molecule has 1 saturated carbocycles. The summed E-state index contributed by atoms with van der Waals surface area (Å²) in [6, 6.07) is 5.27. The maximum Gasteiger partial charge on any atom is 0.254 e. The Morgan fingerprint density at radius 2 is 2.21 bits per heavy atom. The van der Waals surface area contributed by atoms with E-state index in [1.165, 1.54) is 0 Å². The van der Waals surface area contributed by atoms with E-state index in [-0.39, 0.29) is 12.5 Å². The van der Waals surface area contributed by atoms with Gasteiger partial charge < -0.3 is 15.7 Å². The lowest BCUT2D eigenvalue weighted by Gasteiger charge is -2.37. The van der Waals surface area contributed by atoms with Crippen molar-refractivity contribution in [2.75, 3.05) is 18.9 Å². The molecule has 0 atom stereocenters.